The number of hydrogen-bond donors (Lipinski definition) is 2. The lowest BCUT2D eigenvalue weighted by atomic mass is 10.1. The predicted molar refractivity (Wildman–Crippen MR) is 81.2 cm³/mol. The second-order valence-electron chi connectivity index (χ2n) is 5.75. The highest BCUT2D eigenvalue weighted by Crippen LogP contribution is 2.26. The molecule has 1 aliphatic heterocycles. The van der Waals surface area contributed by atoms with Gasteiger partial charge in [-0.25, -0.2) is 0 Å². The number of nitrogens with zero attached hydrogens (tertiary/aromatic N) is 1. The molecule has 0 bridgehead atoms. The molecule has 2 rings (SSSR count). The Morgan fingerprint density at radius 1 is 1.35 bits per heavy atom. The topological polar surface area (TPSA) is 44.7 Å². The Balaban J connectivity index is 1.70. The summed E-state index contributed by atoms with van der Waals surface area (Å²) >= 11 is 0. The van der Waals surface area contributed by atoms with E-state index in [4.69, 9.17) is 4.74 Å². The second-order valence-corrected chi connectivity index (χ2v) is 5.75. The maximum Gasteiger partial charge on any atom is 0.160 e. The highest BCUT2D eigenvalue weighted by atomic mass is 16.5. The van der Waals surface area contributed by atoms with Crippen molar-refractivity contribution in [2.45, 2.75) is 26.3 Å². The molecule has 0 amide bonds. The summed E-state index contributed by atoms with van der Waals surface area (Å²) in [6.07, 6.45) is 2.70. The Labute approximate surface area is 121 Å². The molecule has 4 heteroatoms. The number of benzene rings is 1. The first-order valence-corrected chi connectivity index (χ1v) is 7.48. The average Bonchev–Trinajstić information content (AvgIpc) is 2.92. The van der Waals surface area contributed by atoms with E-state index in [0.29, 0.717) is 11.7 Å². The fourth-order valence-electron chi connectivity index (χ4n) is 2.78. The van der Waals surface area contributed by atoms with E-state index >= 15 is 0 Å². The first kappa shape index (κ1) is 15.1. The molecule has 20 heavy (non-hydrogen) atoms. The number of phenolic OH excluding ortho intramolecular Hbond substituents is 1. The Morgan fingerprint density at radius 3 is 2.75 bits per heavy atom. The van der Waals surface area contributed by atoms with Gasteiger partial charge in [0.2, 0.25) is 0 Å². The van der Waals surface area contributed by atoms with Crippen molar-refractivity contribution in [1.29, 1.82) is 0 Å². The average molecular weight is 278 g/mol. The number of aromatic hydroxyl groups is 1. The molecule has 0 aliphatic carbocycles. The summed E-state index contributed by atoms with van der Waals surface area (Å²) in [4.78, 5) is 2.55. The first-order valence-electron chi connectivity index (χ1n) is 7.48. The number of methoxy groups -OCH3 is 1. The molecular weight excluding hydrogens is 252 g/mol. The van der Waals surface area contributed by atoms with Crippen molar-refractivity contribution >= 4 is 0 Å². The first-order chi connectivity index (χ1) is 9.69. The molecule has 0 spiro atoms. The van der Waals surface area contributed by atoms with Crippen molar-refractivity contribution in [2.75, 3.05) is 33.3 Å². The SMILES string of the molecule is COc1ccc(CNCC(C)CN2CCCC2)cc1O. The molecular formula is C16H26N2O2. The number of rotatable bonds is 7. The van der Waals surface area contributed by atoms with Crippen LogP contribution in [0.5, 0.6) is 11.5 Å². The Kier molecular flexibility index (Phi) is 5.68. The summed E-state index contributed by atoms with van der Waals surface area (Å²) in [7, 11) is 1.56. The Bertz CT molecular complexity index is 417. The van der Waals surface area contributed by atoms with Gasteiger partial charge in [0, 0.05) is 13.1 Å². The van der Waals surface area contributed by atoms with E-state index < -0.39 is 0 Å². The highest BCUT2D eigenvalue weighted by Gasteiger charge is 2.14. The summed E-state index contributed by atoms with van der Waals surface area (Å²) in [5.74, 6) is 1.38. The van der Waals surface area contributed by atoms with E-state index in [1.165, 1.54) is 32.5 Å². The van der Waals surface area contributed by atoms with Gasteiger partial charge in [0.15, 0.2) is 11.5 Å². The molecule has 1 saturated heterocycles. The van der Waals surface area contributed by atoms with Crippen LogP contribution in [-0.4, -0.2) is 43.3 Å². The fraction of sp³-hybridized carbons (Fsp3) is 0.625. The number of nitrogens with one attached hydrogen (secondary N) is 1. The number of hydrogen-bond acceptors (Lipinski definition) is 4. The number of phenols is 1. The summed E-state index contributed by atoms with van der Waals surface area (Å²) < 4.78 is 5.04. The normalized spacial score (nSPS) is 17.3. The molecule has 1 atom stereocenters. The molecule has 1 heterocycles. The maximum atomic E-state index is 9.73. The van der Waals surface area contributed by atoms with Gasteiger partial charge in [-0.1, -0.05) is 13.0 Å². The van der Waals surface area contributed by atoms with Gasteiger partial charge in [0.1, 0.15) is 0 Å². The van der Waals surface area contributed by atoms with Crippen molar-refractivity contribution in [3.63, 3.8) is 0 Å². The van der Waals surface area contributed by atoms with Gasteiger partial charge in [-0.2, -0.15) is 0 Å². The molecule has 1 aromatic carbocycles. The van der Waals surface area contributed by atoms with Crippen LogP contribution < -0.4 is 10.1 Å². The molecule has 4 nitrogen and oxygen atoms in total. The summed E-state index contributed by atoms with van der Waals surface area (Å²) in [6.45, 7) is 7.77. The Hall–Kier alpha value is -1.26. The highest BCUT2D eigenvalue weighted by molar-refractivity contribution is 5.41. The molecule has 2 N–H and O–H groups in total. The zero-order chi connectivity index (χ0) is 14.4. The monoisotopic (exact) mass is 278 g/mol. The smallest absolute Gasteiger partial charge is 0.160 e. The molecule has 1 aliphatic rings. The second kappa shape index (κ2) is 7.50. The quantitative estimate of drug-likeness (QED) is 0.803. The Morgan fingerprint density at radius 2 is 2.10 bits per heavy atom. The standard InChI is InChI=1S/C16H26N2O2/c1-13(12-18-7-3-4-8-18)10-17-11-14-5-6-16(20-2)15(19)9-14/h5-6,9,13,17,19H,3-4,7-8,10-12H2,1-2H3. The van der Waals surface area contributed by atoms with E-state index in [9.17, 15) is 5.11 Å². The summed E-state index contributed by atoms with van der Waals surface area (Å²) in [6, 6.07) is 5.55. The lowest BCUT2D eigenvalue weighted by Crippen LogP contribution is -2.31. The van der Waals surface area contributed by atoms with Gasteiger partial charge in [-0.15, -0.1) is 0 Å². The van der Waals surface area contributed by atoms with Gasteiger partial charge in [-0.05, 0) is 56.1 Å². The van der Waals surface area contributed by atoms with Crippen LogP contribution in [0.4, 0.5) is 0 Å². The van der Waals surface area contributed by atoms with Crippen molar-refractivity contribution in [3.05, 3.63) is 23.8 Å². The molecule has 1 aromatic rings. The minimum atomic E-state index is 0.205. The minimum absolute atomic E-state index is 0.205. The van der Waals surface area contributed by atoms with E-state index in [1.807, 2.05) is 6.07 Å². The lowest BCUT2D eigenvalue weighted by Gasteiger charge is -2.20. The molecule has 0 radical (unpaired) electrons. The molecule has 1 unspecified atom stereocenters. The van der Waals surface area contributed by atoms with Crippen molar-refractivity contribution < 1.29 is 9.84 Å². The van der Waals surface area contributed by atoms with Gasteiger partial charge in [0.05, 0.1) is 7.11 Å². The number of ether oxygens (including phenoxy) is 1. The van der Waals surface area contributed by atoms with Crippen LogP contribution in [0.1, 0.15) is 25.3 Å². The lowest BCUT2D eigenvalue weighted by molar-refractivity contribution is 0.282. The van der Waals surface area contributed by atoms with Crippen LogP contribution in [-0.2, 0) is 6.54 Å². The van der Waals surface area contributed by atoms with Crippen LogP contribution in [0.2, 0.25) is 0 Å². The van der Waals surface area contributed by atoms with E-state index in [1.54, 1.807) is 19.2 Å². The van der Waals surface area contributed by atoms with Gasteiger partial charge in [0.25, 0.3) is 0 Å². The van der Waals surface area contributed by atoms with Crippen molar-refractivity contribution in [1.82, 2.24) is 10.2 Å². The summed E-state index contributed by atoms with van der Waals surface area (Å²) in [5, 5.41) is 13.2. The van der Waals surface area contributed by atoms with Crippen LogP contribution in [0.25, 0.3) is 0 Å². The van der Waals surface area contributed by atoms with Crippen LogP contribution in [0.3, 0.4) is 0 Å². The number of likely N-dealkylation sites (tertiary alicyclic amines) is 1. The minimum Gasteiger partial charge on any atom is -0.504 e. The van der Waals surface area contributed by atoms with Crippen molar-refractivity contribution in [3.8, 4) is 11.5 Å². The van der Waals surface area contributed by atoms with Crippen LogP contribution in [0, 0.1) is 5.92 Å². The third kappa shape index (κ3) is 4.39. The van der Waals surface area contributed by atoms with Gasteiger partial charge >= 0.3 is 0 Å². The largest absolute Gasteiger partial charge is 0.504 e. The molecule has 0 saturated carbocycles. The van der Waals surface area contributed by atoms with Crippen LogP contribution in [0.15, 0.2) is 18.2 Å². The predicted octanol–water partition coefficient (Wildman–Crippen LogP) is 2.22. The molecule has 1 fully saturated rings. The third-order valence-electron chi connectivity index (χ3n) is 3.83. The zero-order valence-electron chi connectivity index (χ0n) is 12.6. The zero-order valence-corrected chi connectivity index (χ0v) is 12.6. The molecule has 112 valence electrons. The maximum absolute atomic E-state index is 9.73. The van der Waals surface area contributed by atoms with Gasteiger partial charge < -0.3 is 20.1 Å². The third-order valence-corrected chi connectivity index (χ3v) is 3.83. The molecule has 0 aromatic heterocycles. The summed E-state index contributed by atoms with van der Waals surface area (Å²) in [5.41, 5.74) is 1.08. The van der Waals surface area contributed by atoms with Crippen LogP contribution >= 0.6 is 0 Å². The van der Waals surface area contributed by atoms with Gasteiger partial charge in [-0.3, -0.25) is 0 Å². The fourth-order valence-corrected chi connectivity index (χ4v) is 2.78. The van der Waals surface area contributed by atoms with E-state index in [-0.39, 0.29) is 5.75 Å². The van der Waals surface area contributed by atoms with E-state index in [2.05, 4.69) is 17.1 Å². The van der Waals surface area contributed by atoms with Crippen molar-refractivity contribution in [2.24, 2.45) is 5.92 Å². The van der Waals surface area contributed by atoms with E-state index in [0.717, 1.165) is 18.7 Å².